The van der Waals surface area contributed by atoms with Gasteiger partial charge in [0, 0.05) is 11.7 Å². The third-order valence-corrected chi connectivity index (χ3v) is 8.33. The number of rotatable bonds is 12. The number of anilines is 1. The highest BCUT2D eigenvalue weighted by Gasteiger charge is 2.28. The van der Waals surface area contributed by atoms with Gasteiger partial charge in [-0.25, -0.2) is 8.42 Å². The van der Waals surface area contributed by atoms with Crippen LogP contribution in [0.1, 0.15) is 35.1 Å². The molecule has 1 aliphatic rings. The molecule has 9 nitrogen and oxygen atoms in total. The second-order valence-corrected chi connectivity index (χ2v) is 11.6. The zero-order valence-corrected chi connectivity index (χ0v) is 23.0. The number of hydrogen-bond acceptors (Lipinski definition) is 7. The fraction of sp³-hybridized carbons (Fsp3) is 0.310. The number of benzene rings is 3. The largest absolute Gasteiger partial charge is 0.480 e. The number of carboxylic acid groups (broad SMARTS) is 1. The van der Waals surface area contributed by atoms with Gasteiger partial charge in [0.15, 0.2) is 12.5 Å². The van der Waals surface area contributed by atoms with Crippen molar-refractivity contribution < 1.29 is 18.3 Å². The molecule has 0 radical (unpaired) electrons. The van der Waals surface area contributed by atoms with E-state index in [2.05, 4.69) is 20.7 Å². The fourth-order valence-electron chi connectivity index (χ4n) is 4.71. The predicted octanol–water partition coefficient (Wildman–Crippen LogP) is 3.77. The topological polar surface area (TPSA) is 143 Å². The summed E-state index contributed by atoms with van der Waals surface area (Å²) in [5, 5.41) is 28.2. The summed E-state index contributed by atoms with van der Waals surface area (Å²) in [6.07, 6.45) is 3.77. The van der Waals surface area contributed by atoms with Gasteiger partial charge in [-0.3, -0.25) is 15.4 Å². The summed E-state index contributed by atoms with van der Waals surface area (Å²) in [5.41, 5.74) is 5.46. The summed E-state index contributed by atoms with van der Waals surface area (Å²) >= 11 is 0. The SMILES string of the molecule is Cc1cc(C)c(S(=O)(=O)N[C@@H](Cc2ccc(-c3cccc(NC(NC#N)NC4CC4)c3)cc2)C(=O)O)c(C)c1. The molecule has 1 fully saturated rings. The Balaban J connectivity index is 1.47. The Hall–Kier alpha value is -3.91. The van der Waals surface area contributed by atoms with Gasteiger partial charge in [-0.2, -0.15) is 9.98 Å². The number of carbonyl (C=O) groups is 1. The van der Waals surface area contributed by atoms with Crippen LogP contribution >= 0.6 is 0 Å². The van der Waals surface area contributed by atoms with Crippen LogP contribution in [-0.4, -0.2) is 37.9 Å². The first kappa shape index (κ1) is 28.1. The number of hydrogen-bond donors (Lipinski definition) is 5. The van der Waals surface area contributed by atoms with Crippen molar-refractivity contribution in [2.45, 2.75) is 63.3 Å². The first-order valence-electron chi connectivity index (χ1n) is 12.8. The van der Waals surface area contributed by atoms with E-state index >= 15 is 0 Å². The molecule has 4 rings (SSSR count). The van der Waals surface area contributed by atoms with Crippen molar-refractivity contribution in [1.29, 1.82) is 5.26 Å². The average Bonchev–Trinajstić information content (AvgIpc) is 3.67. The molecule has 5 N–H and O–H groups in total. The van der Waals surface area contributed by atoms with Crippen molar-refractivity contribution in [2.24, 2.45) is 0 Å². The smallest absolute Gasteiger partial charge is 0.322 e. The third-order valence-electron chi connectivity index (χ3n) is 6.56. The number of nitrogens with one attached hydrogen (secondary N) is 4. The van der Waals surface area contributed by atoms with E-state index in [4.69, 9.17) is 5.26 Å². The van der Waals surface area contributed by atoms with Crippen LogP contribution in [0.4, 0.5) is 5.69 Å². The Kier molecular flexibility index (Phi) is 8.55. The molecule has 0 spiro atoms. The van der Waals surface area contributed by atoms with Gasteiger partial charge < -0.3 is 10.4 Å². The minimum atomic E-state index is -4.04. The van der Waals surface area contributed by atoms with Gasteiger partial charge >= 0.3 is 5.97 Å². The van der Waals surface area contributed by atoms with Crippen LogP contribution in [0.2, 0.25) is 0 Å². The predicted molar refractivity (Wildman–Crippen MR) is 150 cm³/mol. The second-order valence-electron chi connectivity index (χ2n) is 10.00. The summed E-state index contributed by atoms with van der Waals surface area (Å²) in [4.78, 5) is 12.1. The van der Waals surface area contributed by atoms with Crippen LogP contribution in [0, 0.1) is 32.2 Å². The molecule has 0 aromatic heterocycles. The van der Waals surface area contributed by atoms with Crippen molar-refractivity contribution >= 4 is 21.7 Å². The molecule has 1 saturated carbocycles. The Morgan fingerprint density at radius 1 is 1.03 bits per heavy atom. The quantitative estimate of drug-likeness (QED) is 0.131. The van der Waals surface area contributed by atoms with E-state index in [0.29, 0.717) is 22.7 Å². The Bertz CT molecular complexity index is 1470. The van der Waals surface area contributed by atoms with E-state index < -0.39 is 22.0 Å². The lowest BCUT2D eigenvalue weighted by atomic mass is 10.0. The summed E-state index contributed by atoms with van der Waals surface area (Å²) in [7, 11) is -4.04. The number of nitriles is 1. The molecule has 204 valence electrons. The number of nitrogens with zero attached hydrogens (tertiary/aromatic N) is 1. The van der Waals surface area contributed by atoms with Gasteiger partial charge in [0.05, 0.1) is 4.90 Å². The third kappa shape index (κ3) is 7.35. The van der Waals surface area contributed by atoms with Gasteiger partial charge in [0.2, 0.25) is 10.0 Å². The zero-order chi connectivity index (χ0) is 28.2. The van der Waals surface area contributed by atoms with Crippen LogP contribution in [0.25, 0.3) is 11.1 Å². The molecule has 3 aromatic carbocycles. The summed E-state index contributed by atoms with van der Waals surface area (Å²) in [6.45, 7) is 5.30. The summed E-state index contributed by atoms with van der Waals surface area (Å²) in [5.74, 6) is -1.25. The highest BCUT2D eigenvalue weighted by molar-refractivity contribution is 7.89. The maximum atomic E-state index is 13.1. The lowest BCUT2D eigenvalue weighted by Gasteiger charge is -2.20. The number of aryl methyl sites for hydroxylation is 3. The fourth-order valence-corrected chi connectivity index (χ4v) is 6.35. The van der Waals surface area contributed by atoms with Crippen molar-refractivity contribution in [1.82, 2.24) is 15.4 Å². The molecule has 2 atom stereocenters. The molecule has 0 heterocycles. The van der Waals surface area contributed by atoms with Gasteiger partial charge in [-0.15, -0.1) is 0 Å². The van der Waals surface area contributed by atoms with Crippen LogP contribution in [0.5, 0.6) is 0 Å². The minimum Gasteiger partial charge on any atom is -0.480 e. The average molecular weight is 548 g/mol. The van der Waals surface area contributed by atoms with Gasteiger partial charge in [-0.1, -0.05) is 54.1 Å². The second kappa shape index (κ2) is 11.9. The van der Waals surface area contributed by atoms with Crippen molar-refractivity contribution in [3.63, 3.8) is 0 Å². The molecule has 39 heavy (non-hydrogen) atoms. The van der Waals surface area contributed by atoms with E-state index in [1.54, 1.807) is 38.1 Å². The van der Waals surface area contributed by atoms with Crippen LogP contribution < -0.4 is 20.7 Å². The van der Waals surface area contributed by atoms with E-state index in [1.807, 2.05) is 49.5 Å². The molecule has 10 heteroatoms. The van der Waals surface area contributed by atoms with Crippen LogP contribution in [-0.2, 0) is 21.2 Å². The lowest BCUT2D eigenvalue weighted by molar-refractivity contribution is -0.138. The molecule has 0 aliphatic heterocycles. The van der Waals surface area contributed by atoms with Crippen molar-refractivity contribution in [3.8, 4) is 17.3 Å². The van der Waals surface area contributed by atoms with E-state index in [-0.39, 0.29) is 17.6 Å². The maximum absolute atomic E-state index is 13.1. The molecule has 1 unspecified atom stereocenters. The standard InChI is InChI=1S/C29H33N5O4S/c1-18-13-19(2)27(20(3)14-18)39(37,38)34-26(28(35)36)15-21-7-9-22(10-8-21)23-5-4-6-25(16-23)33-29(31-17-30)32-24-11-12-24/h4-10,13-14,16,24,26,29,31-34H,11-12,15H2,1-3H3,(H,35,36)/t26-,29?/m0/s1. The normalized spacial score (nSPS) is 14.7. The number of aliphatic carboxylic acids is 1. The molecule has 1 aliphatic carbocycles. The molecular formula is C29H33N5O4S. The highest BCUT2D eigenvalue weighted by atomic mass is 32.2. The molecule has 3 aromatic rings. The first-order valence-corrected chi connectivity index (χ1v) is 14.2. The monoisotopic (exact) mass is 547 g/mol. The van der Waals surface area contributed by atoms with Gasteiger partial charge in [-0.05, 0) is 80.0 Å². The number of sulfonamides is 1. The summed E-state index contributed by atoms with van der Waals surface area (Å²) < 4.78 is 28.7. The Labute approximate surface area is 229 Å². The molecule has 0 amide bonds. The highest BCUT2D eigenvalue weighted by Crippen LogP contribution is 2.25. The number of carboxylic acids is 1. The Morgan fingerprint density at radius 2 is 1.69 bits per heavy atom. The maximum Gasteiger partial charge on any atom is 0.322 e. The summed E-state index contributed by atoms with van der Waals surface area (Å²) in [6, 6.07) is 17.7. The lowest BCUT2D eigenvalue weighted by Crippen LogP contribution is -2.47. The molecular weight excluding hydrogens is 514 g/mol. The zero-order valence-electron chi connectivity index (χ0n) is 22.2. The van der Waals surface area contributed by atoms with E-state index in [1.165, 1.54) is 0 Å². The van der Waals surface area contributed by atoms with Crippen molar-refractivity contribution in [3.05, 3.63) is 82.9 Å². The molecule has 0 saturated heterocycles. The van der Waals surface area contributed by atoms with Gasteiger partial charge in [0.1, 0.15) is 6.04 Å². The minimum absolute atomic E-state index is 0.00522. The first-order chi connectivity index (χ1) is 18.6. The Morgan fingerprint density at radius 3 is 2.28 bits per heavy atom. The van der Waals surface area contributed by atoms with Crippen molar-refractivity contribution in [2.75, 3.05) is 5.32 Å². The van der Waals surface area contributed by atoms with Gasteiger partial charge in [0.25, 0.3) is 0 Å². The van der Waals surface area contributed by atoms with Crippen LogP contribution in [0.15, 0.2) is 65.6 Å². The molecule has 0 bridgehead atoms. The van der Waals surface area contributed by atoms with Crippen LogP contribution in [0.3, 0.4) is 0 Å². The van der Waals surface area contributed by atoms with E-state index in [9.17, 15) is 18.3 Å². The van der Waals surface area contributed by atoms with E-state index in [0.717, 1.165) is 35.2 Å².